The highest BCUT2D eigenvalue weighted by atomic mass is 16.5. The van der Waals surface area contributed by atoms with Gasteiger partial charge in [-0.1, -0.05) is 105 Å². The van der Waals surface area contributed by atoms with Crippen LogP contribution in [-0.2, 0) is 4.74 Å². The van der Waals surface area contributed by atoms with Crippen molar-refractivity contribution in [3.63, 3.8) is 0 Å². The first-order chi connectivity index (χ1) is 26.5. The fourth-order valence-electron chi connectivity index (χ4n) is 6.93. The van der Waals surface area contributed by atoms with Crippen LogP contribution in [0.4, 0.5) is 0 Å². The number of nitrogens with zero attached hydrogens (tertiary/aromatic N) is 2. The van der Waals surface area contributed by atoms with Crippen molar-refractivity contribution in [2.75, 3.05) is 33.5 Å². The second kappa shape index (κ2) is 21.5. The fourth-order valence-corrected chi connectivity index (χ4v) is 6.93. The van der Waals surface area contributed by atoms with E-state index < -0.39 is 5.97 Å². The summed E-state index contributed by atoms with van der Waals surface area (Å²) in [5.41, 5.74) is 3.21. The first-order valence-electron chi connectivity index (χ1n) is 20.8. The average Bonchev–Trinajstić information content (AvgIpc) is 3.19. The maximum absolute atomic E-state index is 12.5. The molecule has 0 saturated heterocycles. The molecule has 0 radical (unpaired) electrons. The molecule has 0 unspecified atom stereocenters. The molecular formula is C46H62N2O6. The molecule has 0 aliphatic heterocycles. The predicted molar refractivity (Wildman–Crippen MR) is 222 cm³/mol. The van der Waals surface area contributed by atoms with Crippen LogP contribution in [0.2, 0.25) is 0 Å². The van der Waals surface area contributed by atoms with Gasteiger partial charge in [-0.3, -0.25) is 0 Å². The Balaban J connectivity index is 1.72. The molecule has 4 aromatic carbocycles. The second-order valence-corrected chi connectivity index (χ2v) is 14.4. The molecule has 0 atom stereocenters. The van der Waals surface area contributed by atoms with Crippen molar-refractivity contribution in [1.29, 1.82) is 0 Å². The van der Waals surface area contributed by atoms with E-state index in [0.717, 1.165) is 101 Å². The Morgan fingerprint density at radius 2 is 0.833 bits per heavy atom. The molecule has 0 amide bonds. The van der Waals surface area contributed by atoms with E-state index in [1.165, 1.54) is 58.5 Å². The summed E-state index contributed by atoms with van der Waals surface area (Å²) in [6.07, 6.45) is 17.9. The van der Waals surface area contributed by atoms with Gasteiger partial charge in [0, 0.05) is 10.8 Å². The molecule has 0 aliphatic rings. The fraction of sp³-hybridized carbons (Fsp3) is 0.543. The number of fused-ring (bicyclic) bond motifs is 7. The summed E-state index contributed by atoms with van der Waals surface area (Å²) in [7, 11) is 1.39. The standard InChI is InChI=1S/C46H62N2O6/c1-6-10-14-18-24-51-40-29-34-35-30-41(52-25-19-15-11-7-2)43(54-27-21-17-13-9-4)32-37(35)45-44(36(34)31-42(40)53-26-20-16-12-8-3)47-38-23-22-33(46(49)50-5)28-39(38)48-45/h22-23,28-32H,6-21,24-27H2,1-5H3. The van der Waals surface area contributed by atoms with E-state index >= 15 is 0 Å². The molecule has 54 heavy (non-hydrogen) atoms. The summed E-state index contributed by atoms with van der Waals surface area (Å²) >= 11 is 0. The molecule has 1 aromatic heterocycles. The SMILES string of the molecule is CCCCCCOc1cc2c3cc(OCCCCCC)c(OCCCCCC)cc3c3nc4cc(C(=O)OC)ccc4nc3c2cc1OCCCCCC. The Hall–Kier alpha value is -4.33. The number of hydrogen-bond acceptors (Lipinski definition) is 8. The Kier molecular flexibility index (Phi) is 16.3. The van der Waals surface area contributed by atoms with Gasteiger partial charge in [-0.05, 0) is 78.9 Å². The molecule has 0 saturated carbocycles. The number of benzene rings is 4. The quantitative estimate of drug-likeness (QED) is 0.0253. The normalized spacial score (nSPS) is 11.5. The van der Waals surface area contributed by atoms with Crippen LogP contribution in [0, 0.1) is 0 Å². The van der Waals surface area contributed by atoms with Crippen molar-refractivity contribution in [3.8, 4) is 23.0 Å². The summed E-state index contributed by atoms with van der Waals surface area (Å²) in [4.78, 5) is 22.9. The third-order valence-electron chi connectivity index (χ3n) is 10.1. The highest BCUT2D eigenvalue weighted by Crippen LogP contribution is 2.44. The number of ether oxygens (including phenoxy) is 5. The van der Waals surface area contributed by atoms with Crippen molar-refractivity contribution < 1.29 is 28.5 Å². The molecule has 0 fully saturated rings. The van der Waals surface area contributed by atoms with Crippen molar-refractivity contribution in [2.45, 2.75) is 130 Å². The molecular weight excluding hydrogens is 677 g/mol. The lowest BCUT2D eigenvalue weighted by Gasteiger charge is -2.19. The number of methoxy groups -OCH3 is 1. The van der Waals surface area contributed by atoms with Crippen molar-refractivity contribution in [1.82, 2.24) is 9.97 Å². The first-order valence-corrected chi connectivity index (χ1v) is 20.8. The van der Waals surface area contributed by atoms with Crippen LogP contribution in [0.1, 0.15) is 141 Å². The van der Waals surface area contributed by atoms with Crippen molar-refractivity contribution in [2.24, 2.45) is 0 Å². The Morgan fingerprint density at radius 3 is 1.20 bits per heavy atom. The first kappa shape index (κ1) is 40.8. The van der Waals surface area contributed by atoms with Crippen LogP contribution in [0.5, 0.6) is 23.0 Å². The third-order valence-corrected chi connectivity index (χ3v) is 10.1. The van der Waals surface area contributed by atoms with E-state index in [9.17, 15) is 4.79 Å². The van der Waals surface area contributed by atoms with Gasteiger partial charge >= 0.3 is 5.97 Å². The summed E-state index contributed by atoms with van der Waals surface area (Å²) < 4.78 is 31.1. The maximum Gasteiger partial charge on any atom is 0.337 e. The third kappa shape index (κ3) is 10.7. The van der Waals surface area contributed by atoms with Crippen LogP contribution < -0.4 is 18.9 Å². The van der Waals surface area contributed by atoms with Gasteiger partial charge in [-0.15, -0.1) is 0 Å². The number of unbranched alkanes of at least 4 members (excludes halogenated alkanes) is 12. The Morgan fingerprint density at radius 1 is 0.463 bits per heavy atom. The van der Waals surface area contributed by atoms with Gasteiger partial charge in [0.2, 0.25) is 0 Å². The zero-order valence-electron chi connectivity index (χ0n) is 33.5. The molecule has 1 heterocycles. The maximum atomic E-state index is 12.5. The molecule has 0 N–H and O–H groups in total. The Labute approximate surface area is 322 Å². The van der Waals surface area contributed by atoms with Gasteiger partial charge in [-0.25, -0.2) is 14.8 Å². The van der Waals surface area contributed by atoms with E-state index in [0.29, 0.717) is 48.8 Å². The van der Waals surface area contributed by atoms with Crippen LogP contribution in [-0.4, -0.2) is 49.5 Å². The molecule has 5 rings (SSSR count). The molecule has 0 spiro atoms. The zero-order valence-corrected chi connectivity index (χ0v) is 33.5. The van der Waals surface area contributed by atoms with Crippen LogP contribution in [0.15, 0.2) is 42.5 Å². The molecule has 292 valence electrons. The number of carbonyl (C=O) groups is 1. The number of carbonyl (C=O) groups excluding carboxylic acids is 1. The largest absolute Gasteiger partial charge is 0.490 e. The van der Waals surface area contributed by atoms with Gasteiger partial charge < -0.3 is 23.7 Å². The van der Waals surface area contributed by atoms with E-state index in [2.05, 4.69) is 52.0 Å². The van der Waals surface area contributed by atoms with E-state index in [4.69, 9.17) is 33.7 Å². The highest BCUT2D eigenvalue weighted by Gasteiger charge is 2.20. The zero-order chi connectivity index (χ0) is 38.1. The monoisotopic (exact) mass is 738 g/mol. The lowest BCUT2D eigenvalue weighted by atomic mass is 9.97. The number of rotatable bonds is 25. The summed E-state index contributed by atoms with van der Waals surface area (Å²) in [6.45, 7) is 11.3. The van der Waals surface area contributed by atoms with E-state index in [1.807, 2.05) is 6.07 Å². The Bertz CT molecular complexity index is 1960. The summed E-state index contributed by atoms with van der Waals surface area (Å²) in [6, 6.07) is 13.7. The number of esters is 1. The van der Waals surface area contributed by atoms with E-state index in [-0.39, 0.29) is 0 Å². The minimum atomic E-state index is -0.412. The molecule has 8 nitrogen and oxygen atoms in total. The highest BCUT2D eigenvalue weighted by molar-refractivity contribution is 6.25. The van der Waals surface area contributed by atoms with Gasteiger partial charge in [0.05, 0.1) is 61.2 Å². The van der Waals surface area contributed by atoms with Crippen molar-refractivity contribution >= 4 is 49.6 Å². The molecule has 0 bridgehead atoms. The van der Waals surface area contributed by atoms with Gasteiger partial charge in [0.25, 0.3) is 0 Å². The van der Waals surface area contributed by atoms with E-state index in [1.54, 1.807) is 12.1 Å². The second-order valence-electron chi connectivity index (χ2n) is 14.4. The minimum Gasteiger partial charge on any atom is -0.490 e. The lowest BCUT2D eigenvalue weighted by molar-refractivity contribution is 0.0601. The predicted octanol–water partition coefficient (Wildman–Crippen LogP) is 12.7. The summed E-state index contributed by atoms with van der Waals surface area (Å²) in [5.74, 6) is 2.49. The van der Waals surface area contributed by atoms with Gasteiger partial charge in [0.1, 0.15) is 0 Å². The smallest absolute Gasteiger partial charge is 0.337 e. The molecule has 5 aromatic rings. The average molecular weight is 739 g/mol. The summed E-state index contributed by atoms with van der Waals surface area (Å²) in [5, 5.41) is 3.79. The minimum absolute atomic E-state index is 0.412. The lowest BCUT2D eigenvalue weighted by Crippen LogP contribution is -2.05. The molecule has 0 aliphatic carbocycles. The number of hydrogen-bond donors (Lipinski definition) is 0. The van der Waals surface area contributed by atoms with Crippen molar-refractivity contribution in [3.05, 3.63) is 48.0 Å². The van der Waals surface area contributed by atoms with Crippen LogP contribution in [0.25, 0.3) is 43.6 Å². The van der Waals surface area contributed by atoms with Crippen LogP contribution >= 0.6 is 0 Å². The van der Waals surface area contributed by atoms with Crippen LogP contribution in [0.3, 0.4) is 0 Å². The topological polar surface area (TPSA) is 89.0 Å². The van der Waals surface area contributed by atoms with Gasteiger partial charge in [0.15, 0.2) is 23.0 Å². The van der Waals surface area contributed by atoms with Gasteiger partial charge in [-0.2, -0.15) is 0 Å². The molecule has 8 heteroatoms. The number of aromatic nitrogens is 2.